The first-order valence-electron chi connectivity index (χ1n) is 4.43. The van der Waals surface area contributed by atoms with Gasteiger partial charge in [0.15, 0.2) is 5.16 Å². The maximum atomic E-state index is 9.40. The van der Waals surface area contributed by atoms with Crippen molar-refractivity contribution < 1.29 is 5.11 Å². The maximum Gasteiger partial charge on any atom is 0.189 e. The number of aliphatic hydroxyl groups is 1. The third-order valence-electron chi connectivity index (χ3n) is 1.84. The molecule has 0 radical (unpaired) electrons. The molecule has 6 heteroatoms. The zero-order chi connectivity index (χ0) is 10.7. The van der Waals surface area contributed by atoms with Gasteiger partial charge in [-0.2, -0.15) is 5.10 Å². The summed E-state index contributed by atoms with van der Waals surface area (Å²) in [5, 5.41) is 17.3. The molecule has 0 aliphatic heterocycles. The van der Waals surface area contributed by atoms with E-state index in [2.05, 4.69) is 20.2 Å². The van der Waals surface area contributed by atoms with Crippen molar-refractivity contribution in [3.05, 3.63) is 30.2 Å². The summed E-state index contributed by atoms with van der Waals surface area (Å²) in [5.74, 6) is 0. The Labute approximate surface area is 91.0 Å². The van der Waals surface area contributed by atoms with E-state index in [0.29, 0.717) is 5.16 Å². The van der Waals surface area contributed by atoms with E-state index in [4.69, 9.17) is 0 Å². The minimum atomic E-state index is -0.484. The van der Waals surface area contributed by atoms with Crippen LogP contribution in [0.1, 0.15) is 18.6 Å². The summed E-state index contributed by atoms with van der Waals surface area (Å²) in [6, 6.07) is 3.62. The Kier molecular flexibility index (Phi) is 2.98. The third-order valence-corrected chi connectivity index (χ3v) is 2.66. The lowest BCUT2D eigenvalue weighted by Crippen LogP contribution is -1.92. The fourth-order valence-electron chi connectivity index (χ4n) is 1.08. The van der Waals surface area contributed by atoms with E-state index in [9.17, 15) is 5.11 Å². The van der Waals surface area contributed by atoms with Crippen molar-refractivity contribution in [1.82, 2.24) is 20.2 Å². The van der Waals surface area contributed by atoms with Gasteiger partial charge in [-0.1, -0.05) is 0 Å². The summed E-state index contributed by atoms with van der Waals surface area (Å²) in [4.78, 5) is 8.14. The van der Waals surface area contributed by atoms with Crippen LogP contribution in [-0.4, -0.2) is 25.3 Å². The molecule has 0 amide bonds. The van der Waals surface area contributed by atoms with Crippen LogP contribution in [0.5, 0.6) is 0 Å². The van der Waals surface area contributed by atoms with Gasteiger partial charge in [-0.05, 0) is 36.4 Å². The molecule has 2 rings (SSSR count). The summed E-state index contributed by atoms with van der Waals surface area (Å²) in [6.45, 7) is 1.72. The van der Waals surface area contributed by atoms with Gasteiger partial charge in [0.1, 0.15) is 11.4 Å². The number of nitrogens with zero attached hydrogens (tertiary/aromatic N) is 3. The van der Waals surface area contributed by atoms with Gasteiger partial charge < -0.3 is 5.11 Å². The van der Waals surface area contributed by atoms with Crippen LogP contribution in [0.3, 0.4) is 0 Å². The van der Waals surface area contributed by atoms with E-state index >= 15 is 0 Å². The molecule has 15 heavy (non-hydrogen) atoms. The Balaban J connectivity index is 2.18. The highest BCUT2D eigenvalue weighted by Gasteiger charge is 2.05. The Morgan fingerprint density at radius 3 is 3.00 bits per heavy atom. The number of hydrogen-bond acceptors (Lipinski definition) is 5. The topological polar surface area (TPSA) is 74.7 Å². The number of pyridine rings is 1. The van der Waals surface area contributed by atoms with Gasteiger partial charge >= 0.3 is 0 Å². The fraction of sp³-hybridized carbons (Fsp3) is 0.222. The van der Waals surface area contributed by atoms with Crippen LogP contribution in [0.15, 0.2) is 34.8 Å². The number of rotatable bonds is 3. The molecule has 0 aliphatic carbocycles. The second-order valence-electron chi connectivity index (χ2n) is 3.00. The molecule has 0 spiro atoms. The molecule has 1 atom stereocenters. The molecule has 2 aromatic heterocycles. The smallest absolute Gasteiger partial charge is 0.189 e. The van der Waals surface area contributed by atoms with Gasteiger partial charge in [0.05, 0.1) is 6.10 Å². The fourth-order valence-corrected chi connectivity index (χ4v) is 1.79. The minimum Gasteiger partial charge on any atom is -0.389 e. The average Bonchev–Trinajstić information content (AvgIpc) is 2.71. The SMILES string of the molecule is CC(O)c1ccnc(Sc2ncn[nH]2)c1. The Bertz CT molecular complexity index is 429. The van der Waals surface area contributed by atoms with E-state index in [1.54, 1.807) is 19.2 Å². The first-order valence-corrected chi connectivity index (χ1v) is 5.24. The average molecular weight is 222 g/mol. The lowest BCUT2D eigenvalue weighted by atomic mass is 10.2. The molecule has 0 fully saturated rings. The van der Waals surface area contributed by atoms with Crippen molar-refractivity contribution in [2.45, 2.75) is 23.2 Å². The highest BCUT2D eigenvalue weighted by Crippen LogP contribution is 2.24. The Morgan fingerprint density at radius 1 is 1.47 bits per heavy atom. The Morgan fingerprint density at radius 2 is 2.33 bits per heavy atom. The van der Waals surface area contributed by atoms with Crippen LogP contribution >= 0.6 is 11.8 Å². The van der Waals surface area contributed by atoms with Crippen molar-refractivity contribution in [2.24, 2.45) is 0 Å². The van der Waals surface area contributed by atoms with Crippen LogP contribution in [0.4, 0.5) is 0 Å². The van der Waals surface area contributed by atoms with E-state index in [1.165, 1.54) is 18.1 Å². The maximum absolute atomic E-state index is 9.40. The van der Waals surface area contributed by atoms with Gasteiger partial charge in [-0.25, -0.2) is 9.97 Å². The van der Waals surface area contributed by atoms with E-state index in [1.807, 2.05) is 6.07 Å². The van der Waals surface area contributed by atoms with Crippen LogP contribution in [0, 0.1) is 0 Å². The van der Waals surface area contributed by atoms with Crippen molar-refractivity contribution >= 4 is 11.8 Å². The molecule has 2 aromatic rings. The van der Waals surface area contributed by atoms with Crippen molar-refractivity contribution in [1.29, 1.82) is 0 Å². The monoisotopic (exact) mass is 222 g/mol. The van der Waals surface area contributed by atoms with Crippen LogP contribution in [0.2, 0.25) is 0 Å². The second-order valence-corrected chi connectivity index (χ2v) is 4.01. The van der Waals surface area contributed by atoms with Crippen molar-refractivity contribution in [3.63, 3.8) is 0 Å². The van der Waals surface area contributed by atoms with Gasteiger partial charge in [-0.15, -0.1) is 0 Å². The van der Waals surface area contributed by atoms with Gasteiger partial charge in [0.25, 0.3) is 0 Å². The highest BCUT2D eigenvalue weighted by atomic mass is 32.2. The van der Waals surface area contributed by atoms with Crippen molar-refractivity contribution in [3.8, 4) is 0 Å². The summed E-state index contributed by atoms with van der Waals surface area (Å²) in [7, 11) is 0. The molecule has 0 aromatic carbocycles. The van der Waals surface area contributed by atoms with Crippen LogP contribution in [0.25, 0.3) is 0 Å². The number of aromatic nitrogens is 4. The van der Waals surface area contributed by atoms with Crippen LogP contribution in [-0.2, 0) is 0 Å². The normalized spacial score (nSPS) is 12.7. The molecule has 0 aliphatic rings. The molecule has 2 heterocycles. The number of nitrogens with one attached hydrogen (secondary N) is 1. The standard InChI is InChI=1S/C9H10N4OS/c1-6(14)7-2-3-10-8(4-7)15-9-11-5-12-13-9/h2-6,14H,1H3,(H,11,12,13). The first kappa shape index (κ1) is 10.1. The van der Waals surface area contributed by atoms with Crippen LogP contribution < -0.4 is 0 Å². The predicted molar refractivity (Wildman–Crippen MR) is 55.4 cm³/mol. The molecule has 78 valence electrons. The molecule has 1 unspecified atom stereocenters. The summed E-state index contributed by atoms with van der Waals surface area (Å²) in [5.41, 5.74) is 0.840. The van der Waals surface area contributed by atoms with Gasteiger partial charge in [0.2, 0.25) is 0 Å². The summed E-state index contributed by atoms with van der Waals surface area (Å²) >= 11 is 1.37. The molecular formula is C9H10N4OS. The zero-order valence-corrected chi connectivity index (χ0v) is 8.90. The zero-order valence-electron chi connectivity index (χ0n) is 8.08. The minimum absolute atomic E-state index is 0.484. The number of H-pyrrole nitrogens is 1. The largest absolute Gasteiger partial charge is 0.389 e. The van der Waals surface area contributed by atoms with Crippen molar-refractivity contribution in [2.75, 3.05) is 0 Å². The predicted octanol–water partition coefficient (Wildman–Crippen LogP) is 1.40. The quantitative estimate of drug-likeness (QED) is 0.821. The molecular weight excluding hydrogens is 212 g/mol. The molecule has 2 N–H and O–H groups in total. The summed E-state index contributed by atoms with van der Waals surface area (Å²) in [6.07, 6.45) is 2.63. The Hall–Kier alpha value is -1.40. The molecule has 0 bridgehead atoms. The first-order chi connectivity index (χ1) is 7.25. The highest BCUT2D eigenvalue weighted by molar-refractivity contribution is 7.99. The lowest BCUT2D eigenvalue weighted by Gasteiger charge is -2.04. The van der Waals surface area contributed by atoms with E-state index < -0.39 is 6.10 Å². The number of aliphatic hydroxyl groups excluding tert-OH is 1. The van der Waals surface area contributed by atoms with E-state index in [-0.39, 0.29) is 0 Å². The molecule has 5 nitrogen and oxygen atoms in total. The summed E-state index contributed by atoms with van der Waals surface area (Å²) < 4.78 is 0. The van der Waals surface area contributed by atoms with Gasteiger partial charge in [-0.3, -0.25) is 5.10 Å². The number of aromatic amines is 1. The second kappa shape index (κ2) is 4.41. The number of hydrogen-bond donors (Lipinski definition) is 2. The third kappa shape index (κ3) is 2.54. The lowest BCUT2D eigenvalue weighted by molar-refractivity contribution is 0.199. The van der Waals surface area contributed by atoms with E-state index in [0.717, 1.165) is 10.6 Å². The van der Waals surface area contributed by atoms with Gasteiger partial charge in [0, 0.05) is 6.20 Å². The molecule has 0 saturated carbocycles. The molecule has 0 saturated heterocycles.